The molecule has 2 rings (SSSR count). The summed E-state index contributed by atoms with van der Waals surface area (Å²) in [6, 6.07) is 7.60. The normalized spacial score (nSPS) is 25.3. The summed E-state index contributed by atoms with van der Waals surface area (Å²) in [5.41, 5.74) is 4.32. The van der Waals surface area contributed by atoms with Crippen molar-refractivity contribution in [3.8, 4) is 0 Å². The third-order valence-electron chi connectivity index (χ3n) is 4.13. The van der Waals surface area contributed by atoms with E-state index in [0.29, 0.717) is 12.0 Å². The summed E-state index contributed by atoms with van der Waals surface area (Å²) in [6.07, 6.45) is 1.26. The summed E-state index contributed by atoms with van der Waals surface area (Å²) >= 11 is 0. The Morgan fingerprint density at radius 2 is 2.00 bits per heavy atom. The molecule has 0 saturated carbocycles. The fraction of sp³-hybridized carbons (Fsp3) is 0.625. The molecule has 1 aromatic rings. The van der Waals surface area contributed by atoms with Crippen molar-refractivity contribution in [3.05, 3.63) is 34.9 Å². The topological polar surface area (TPSA) is 15.3 Å². The highest BCUT2D eigenvalue weighted by Crippen LogP contribution is 2.27. The van der Waals surface area contributed by atoms with Gasteiger partial charge in [-0.05, 0) is 56.5 Å². The van der Waals surface area contributed by atoms with Crippen LogP contribution in [0, 0.1) is 13.8 Å². The molecule has 0 aliphatic carbocycles. The lowest BCUT2D eigenvalue weighted by Crippen LogP contribution is -2.46. The van der Waals surface area contributed by atoms with Crippen LogP contribution in [0.15, 0.2) is 18.2 Å². The van der Waals surface area contributed by atoms with E-state index in [4.69, 9.17) is 0 Å². The van der Waals surface area contributed by atoms with Gasteiger partial charge in [0.2, 0.25) is 0 Å². The largest absolute Gasteiger partial charge is 0.313 e. The second-order valence-electron chi connectivity index (χ2n) is 5.75. The van der Waals surface area contributed by atoms with Gasteiger partial charge in [0.25, 0.3) is 0 Å². The molecule has 0 spiro atoms. The maximum Gasteiger partial charge on any atom is 0.0201 e. The molecule has 100 valence electrons. The minimum atomic E-state index is 0.639. The molecule has 2 atom stereocenters. The van der Waals surface area contributed by atoms with Crippen molar-refractivity contribution < 1.29 is 0 Å². The van der Waals surface area contributed by atoms with E-state index in [1.807, 2.05) is 0 Å². The quantitative estimate of drug-likeness (QED) is 0.882. The number of rotatable bonds is 3. The SMILES string of the molecule is CCNC1CC(c2ccc(C)c(C)c2)CN(C)C1. The Morgan fingerprint density at radius 3 is 2.67 bits per heavy atom. The van der Waals surface area contributed by atoms with E-state index < -0.39 is 0 Å². The van der Waals surface area contributed by atoms with Crippen LogP contribution >= 0.6 is 0 Å². The first kappa shape index (κ1) is 13.6. The van der Waals surface area contributed by atoms with E-state index in [1.165, 1.54) is 36.2 Å². The first-order valence-corrected chi connectivity index (χ1v) is 7.09. The Bertz CT molecular complexity index is 400. The number of piperidine rings is 1. The van der Waals surface area contributed by atoms with Crippen LogP contribution in [0.3, 0.4) is 0 Å². The number of benzene rings is 1. The van der Waals surface area contributed by atoms with Crippen molar-refractivity contribution in [2.24, 2.45) is 0 Å². The van der Waals surface area contributed by atoms with Crippen molar-refractivity contribution in [2.75, 3.05) is 26.7 Å². The maximum absolute atomic E-state index is 3.60. The van der Waals surface area contributed by atoms with Gasteiger partial charge in [-0.3, -0.25) is 0 Å². The molecule has 0 radical (unpaired) electrons. The molecule has 1 aliphatic rings. The van der Waals surface area contributed by atoms with Gasteiger partial charge in [-0.2, -0.15) is 0 Å². The third-order valence-corrected chi connectivity index (χ3v) is 4.13. The van der Waals surface area contributed by atoms with E-state index in [1.54, 1.807) is 0 Å². The fourth-order valence-electron chi connectivity index (χ4n) is 3.02. The van der Waals surface area contributed by atoms with E-state index in [-0.39, 0.29) is 0 Å². The van der Waals surface area contributed by atoms with Crippen LogP contribution in [0.4, 0.5) is 0 Å². The number of likely N-dealkylation sites (tertiary alicyclic amines) is 1. The number of nitrogens with one attached hydrogen (secondary N) is 1. The average molecular weight is 246 g/mol. The van der Waals surface area contributed by atoms with E-state index in [2.05, 4.69) is 56.2 Å². The monoisotopic (exact) mass is 246 g/mol. The van der Waals surface area contributed by atoms with E-state index in [0.717, 1.165) is 6.54 Å². The highest BCUT2D eigenvalue weighted by Gasteiger charge is 2.25. The molecule has 1 aliphatic heterocycles. The smallest absolute Gasteiger partial charge is 0.0201 e. The van der Waals surface area contributed by atoms with Crippen LogP contribution < -0.4 is 5.32 Å². The standard InChI is InChI=1S/C16H26N2/c1-5-17-16-9-15(10-18(4)11-16)14-7-6-12(2)13(3)8-14/h6-8,15-17H,5,9-11H2,1-4H3. The van der Waals surface area contributed by atoms with Crippen molar-refractivity contribution in [2.45, 2.75) is 39.2 Å². The summed E-state index contributed by atoms with van der Waals surface area (Å²) in [5.74, 6) is 0.673. The van der Waals surface area contributed by atoms with E-state index >= 15 is 0 Å². The van der Waals surface area contributed by atoms with Gasteiger partial charge in [0.1, 0.15) is 0 Å². The van der Waals surface area contributed by atoms with Crippen molar-refractivity contribution >= 4 is 0 Å². The lowest BCUT2D eigenvalue weighted by atomic mass is 9.87. The molecule has 18 heavy (non-hydrogen) atoms. The summed E-state index contributed by atoms with van der Waals surface area (Å²) in [7, 11) is 2.23. The Kier molecular flexibility index (Phi) is 4.41. The Morgan fingerprint density at radius 1 is 1.22 bits per heavy atom. The van der Waals surface area contributed by atoms with Crippen LogP contribution in [0.25, 0.3) is 0 Å². The van der Waals surface area contributed by atoms with Crippen LogP contribution in [0.1, 0.15) is 36.0 Å². The zero-order valence-electron chi connectivity index (χ0n) is 12.2. The molecule has 1 N–H and O–H groups in total. The number of hydrogen-bond acceptors (Lipinski definition) is 2. The highest BCUT2D eigenvalue weighted by atomic mass is 15.1. The van der Waals surface area contributed by atoms with Gasteiger partial charge < -0.3 is 10.2 Å². The summed E-state index contributed by atoms with van der Waals surface area (Å²) in [5, 5.41) is 3.60. The van der Waals surface area contributed by atoms with Crippen LogP contribution in [-0.4, -0.2) is 37.6 Å². The molecular weight excluding hydrogens is 220 g/mol. The fourth-order valence-corrected chi connectivity index (χ4v) is 3.02. The third kappa shape index (κ3) is 3.12. The molecule has 1 saturated heterocycles. The molecule has 2 heteroatoms. The minimum absolute atomic E-state index is 0.639. The Labute approximate surface area is 111 Å². The predicted octanol–water partition coefficient (Wildman–Crippen LogP) is 2.70. The van der Waals surface area contributed by atoms with Gasteiger partial charge in [-0.15, -0.1) is 0 Å². The van der Waals surface area contributed by atoms with Crippen molar-refractivity contribution in [1.82, 2.24) is 10.2 Å². The lowest BCUT2D eigenvalue weighted by molar-refractivity contribution is 0.206. The molecule has 0 aromatic heterocycles. The van der Waals surface area contributed by atoms with Crippen molar-refractivity contribution in [1.29, 1.82) is 0 Å². The molecule has 0 bridgehead atoms. The highest BCUT2D eigenvalue weighted by molar-refractivity contribution is 5.32. The number of hydrogen-bond donors (Lipinski definition) is 1. The predicted molar refractivity (Wildman–Crippen MR) is 78.2 cm³/mol. The van der Waals surface area contributed by atoms with Gasteiger partial charge in [0.05, 0.1) is 0 Å². The van der Waals surface area contributed by atoms with Gasteiger partial charge in [-0.25, -0.2) is 0 Å². The summed E-state index contributed by atoms with van der Waals surface area (Å²) < 4.78 is 0. The molecule has 2 nitrogen and oxygen atoms in total. The zero-order valence-corrected chi connectivity index (χ0v) is 12.2. The minimum Gasteiger partial charge on any atom is -0.313 e. The van der Waals surface area contributed by atoms with Gasteiger partial charge >= 0.3 is 0 Å². The van der Waals surface area contributed by atoms with Crippen LogP contribution in [0.2, 0.25) is 0 Å². The molecule has 0 amide bonds. The second-order valence-corrected chi connectivity index (χ2v) is 5.75. The Hall–Kier alpha value is -0.860. The van der Waals surface area contributed by atoms with E-state index in [9.17, 15) is 0 Å². The molecule has 1 fully saturated rings. The summed E-state index contributed by atoms with van der Waals surface area (Å²) in [4.78, 5) is 2.46. The molecule has 2 unspecified atom stereocenters. The second kappa shape index (κ2) is 5.85. The number of likely N-dealkylation sites (N-methyl/N-ethyl adjacent to an activating group) is 2. The van der Waals surface area contributed by atoms with Crippen LogP contribution in [0.5, 0.6) is 0 Å². The first-order valence-electron chi connectivity index (χ1n) is 7.09. The van der Waals surface area contributed by atoms with Gasteiger partial charge in [-0.1, -0.05) is 25.1 Å². The molecule has 1 heterocycles. The average Bonchev–Trinajstić information content (AvgIpc) is 2.32. The number of aryl methyl sites for hydroxylation is 2. The molecular formula is C16H26N2. The Balaban J connectivity index is 2.13. The van der Waals surface area contributed by atoms with Gasteiger partial charge in [0.15, 0.2) is 0 Å². The lowest BCUT2D eigenvalue weighted by Gasteiger charge is -2.36. The number of nitrogens with zero attached hydrogens (tertiary/aromatic N) is 1. The zero-order chi connectivity index (χ0) is 13.1. The van der Waals surface area contributed by atoms with Crippen molar-refractivity contribution in [3.63, 3.8) is 0 Å². The summed E-state index contributed by atoms with van der Waals surface area (Å²) in [6.45, 7) is 10.0. The van der Waals surface area contributed by atoms with Crippen LogP contribution in [-0.2, 0) is 0 Å². The van der Waals surface area contributed by atoms with Gasteiger partial charge in [0, 0.05) is 19.1 Å². The first-order chi connectivity index (χ1) is 8.60. The maximum atomic E-state index is 3.60. The molecule has 1 aromatic carbocycles.